The van der Waals surface area contributed by atoms with Crippen molar-refractivity contribution in [2.24, 2.45) is 5.73 Å². The van der Waals surface area contributed by atoms with Crippen LogP contribution < -0.4 is 5.73 Å². The molecule has 1 aliphatic carbocycles. The highest BCUT2D eigenvalue weighted by Gasteiger charge is 2.42. The summed E-state index contributed by atoms with van der Waals surface area (Å²) in [5, 5.41) is 0. The van der Waals surface area contributed by atoms with Gasteiger partial charge < -0.3 is 5.73 Å². The predicted molar refractivity (Wildman–Crippen MR) is 54.6 cm³/mol. The van der Waals surface area contributed by atoms with Crippen molar-refractivity contribution >= 4 is 9.84 Å². The van der Waals surface area contributed by atoms with Crippen molar-refractivity contribution in [1.82, 2.24) is 0 Å². The standard InChI is InChI=1S/C10H11F2NO2S/c11-7-3-8(12)5-9(4-7)16(14,15)6-10(13)1-2-10/h3-5H,1-2,6,13H2. The predicted octanol–water partition coefficient (Wildman–Crippen LogP) is 1.23. The molecular weight excluding hydrogens is 236 g/mol. The molecular formula is C10H11F2NO2S. The number of halogens is 2. The fourth-order valence-corrected chi connectivity index (χ4v) is 3.27. The summed E-state index contributed by atoms with van der Waals surface area (Å²) in [5.74, 6) is -2.07. The maximum Gasteiger partial charge on any atom is 0.180 e. The van der Waals surface area contributed by atoms with Gasteiger partial charge in [0.05, 0.1) is 10.6 Å². The molecule has 0 unspecified atom stereocenters. The topological polar surface area (TPSA) is 60.2 Å². The minimum atomic E-state index is -3.71. The molecule has 0 atom stereocenters. The molecule has 3 nitrogen and oxygen atoms in total. The molecule has 1 aromatic rings. The lowest BCUT2D eigenvalue weighted by Gasteiger charge is -2.09. The van der Waals surface area contributed by atoms with Crippen LogP contribution in [0.25, 0.3) is 0 Å². The van der Waals surface area contributed by atoms with E-state index >= 15 is 0 Å². The SMILES string of the molecule is NC1(CS(=O)(=O)c2cc(F)cc(F)c2)CC1. The molecule has 0 saturated heterocycles. The van der Waals surface area contributed by atoms with E-state index in [1.54, 1.807) is 0 Å². The Hall–Kier alpha value is -1.01. The van der Waals surface area contributed by atoms with Crippen molar-refractivity contribution in [3.05, 3.63) is 29.8 Å². The quantitative estimate of drug-likeness (QED) is 0.874. The van der Waals surface area contributed by atoms with Crippen molar-refractivity contribution in [3.8, 4) is 0 Å². The van der Waals surface area contributed by atoms with Gasteiger partial charge in [-0.3, -0.25) is 0 Å². The fraction of sp³-hybridized carbons (Fsp3) is 0.400. The van der Waals surface area contributed by atoms with Crippen molar-refractivity contribution in [2.75, 3.05) is 5.75 Å². The molecule has 0 aromatic heterocycles. The van der Waals surface area contributed by atoms with Crippen molar-refractivity contribution < 1.29 is 17.2 Å². The van der Waals surface area contributed by atoms with Gasteiger partial charge in [-0.1, -0.05) is 0 Å². The molecule has 0 spiro atoms. The molecule has 88 valence electrons. The van der Waals surface area contributed by atoms with Crippen molar-refractivity contribution in [3.63, 3.8) is 0 Å². The van der Waals surface area contributed by atoms with E-state index in [9.17, 15) is 17.2 Å². The van der Waals surface area contributed by atoms with Gasteiger partial charge in [-0.2, -0.15) is 0 Å². The smallest absolute Gasteiger partial charge is 0.180 e. The Morgan fingerprint density at radius 1 is 1.19 bits per heavy atom. The Morgan fingerprint density at radius 3 is 2.12 bits per heavy atom. The highest BCUT2D eigenvalue weighted by Crippen LogP contribution is 2.35. The Morgan fingerprint density at radius 2 is 1.69 bits per heavy atom. The van der Waals surface area contributed by atoms with Crippen LogP contribution in [0.4, 0.5) is 8.78 Å². The third kappa shape index (κ3) is 2.38. The molecule has 0 bridgehead atoms. The zero-order valence-corrected chi connectivity index (χ0v) is 9.23. The van der Waals surface area contributed by atoms with Crippen molar-refractivity contribution in [2.45, 2.75) is 23.3 Å². The molecule has 1 fully saturated rings. The first-order valence-corrected chi connectivity index (χ1v) is 6.44. The Bertz CT molecular complexity index is 503. The van der Waals surface area contributed by atoms with Crippen LogP contribution >= 0.6 is 0 Å². The van der Waals surface area contributed by atoms with Crippen LogP contribution in [0.2, 0.25) is 0 Å². The number of nitrogens with two attached hydrogens (primary N) is 1. The van der Waals surface area contributed by atoms with E-state index in [4.69, 9.17) is 5.73 Å². The van der Waals surface area contributed by atoms with E-state index in [1.165, 1.54) is 0 Å². The van der Waals surface area contributed by atoms with Gasteiger partial charge in [0.2, 0.25) is 0 Å². The van der Waals surface area contributed by atoms with Crippen LogP contribution in [0.1, 0.15) is 12.8 Å². The van der Waals surface area contributed by atoms with Gasteiger partial charge in [0.15, 0.2) is 9.84 Å². The van der Waals surface area contributed by atoms with E-state index in [0.29, 0.717) is 18.9 Å². The number of sulfone groups is 1. The molecule has 0 amide bonds. The molecule has 1 saturated carbocycles. The van der Waals surface area contributed by atoms with E-state index in [2.05, 4.69) is 0 Å². The minimum absolute atomic E-state index is 0.261. The summed E-state index contributed by atoms with van der Waals surface area (Å²) in [6, 6.07) is 2.25. The van der Waals surface area contributed by atoms with Gasteiger partial charge in [0.1, 0.15) is 11.6 Å². The lowest BCUT2D eigenvalue weighted by Crippen LogP contribution is -2.31. The summed E-state index contributed by atoms with van der Waals surface area (Å²) in [6.45, 7) is 0. The van der Waals surface area contributed by atoms with Gasteiger partial charge >= 0.3 is 0 Å². The highest BCUT2D eigenvalue weighted by atomic mass is 32.2. The number of benzene rings is 1. The van der Waals surface area contributed by atoms with Crippen LogP contribution in [-0.2, 0) is 9.84 Å². The number of rotatable bonds is 3. The molecule has 0 aliphatic heterocycles. The molecule has 0 radical (unpaired) electrons. The molecule has 2 rings (SSSR count). The summed E-state index contributed by atoms with van der Waals surface area (Å²) in [4.78, 5) is -0.346. The second-order valence-corrected chi connectivity index (χ2v) is 6.22. The first-order valence-electron chi connectivity index (χ1n) is 4.79. The highest BCUT2D eigenvalue weighted by molar-refractivity contribution is 7.91. The monoisotopic (exact) mass is 247 g/mol. The first-order chi connectivity index (χ1) is 7.31. The minimum Gasteiger partial charge on any atom is -0.324 e. The third-order valence-corrected chi connectivity index (χ3v) is 4.47. The van der Waals surface area contributed by atoms with Crippen LogP contribution in [-0.4, -0.2) is 19.7 Å². The van der Waals surface area contributed by atoms with Gasteiger partial charge in [0.25, 0.3) is 0 Å². The van der Waals surface area contributed by atoms with Crippen LogP contribution in [0.5, 0.6) is 0 Å². The normalized spacial score (nSPS) is 18.4. The molecule has 6 heteroatoms. The van der Waals surface area contributed by atoms with Gasteiger partial charge in [-0.15, -0.1) is 0 Å². The molecule has 1 aromatic carbocycles. The second-order valence-electron chi connectivity index (χ2n) is 4.23. The lowest BCUT2D eigenvalue weighted by atomic mass is 10.3. The summed E-state index contributed by atoms with van der Waals surface area (Å²) >= 11 is 0. The van der Waals surface area contributed by atoms with Crippen molar-refractivity contribution in [1.29, 1.82) is 0 Å². The van der Waals surface area contributed by atoms with E-state index in [1.807, 2.05) is 0 Å². The maximum atomic E-state index is 12.9. The molecule has 2 N–H and O–H groups in total. The Kier molecular flexibility index (Phi) is 2.51. The molecule has 0 heterocycles. The largest absolute Gasteiger partial charge is 0.324 e. The summed E-state index contributed by atoms with van der Waals surface area (Å²) in [6.07, 6.45) is 1.26. The van der Waals surface area contributed by atoms with E-state index in [0.717, 1.165) is 12.1 Å². The number of hydrogen-bond acceptors (Lipinski definition) is 3. The van der Waals surface area contributed by atoms with Gasteiger partial charge in [0, 0.05) is 11.6 Å². The maximum absolute atomic E-state index is 12.9. The van der Waals surface area contributed by atoms with Gasteiger partial charge in [-0.05, 0) is 25.0 Å². The lowest BCUT2D eigenvalue weighted by molar-refractivity contribution is 0.563. The molecule has 1 aliphatic rings. The van der Waals surface area contributed by atoms with Crippen LogP contribution in [0.15, 0.2) is 23.1 Å². The fourth-order valence-electron chi connectivity index (χ4n) is 1.47. The Balaban J connectivity index is 2.35. The van der Waals surface area contributed by atoms with E-state index < -0.39 is 27.0 Å². The molecule has 16 heavy (non-hydrogen) atoms. The van der Waals surface area contributed by atoms with Crippen LogP contribution in [0.3, 0.4) is 0 Å². The second kappa shape index (κ2) is 3.49. The summed E-state index contributed by atoms with van der Waals surface area (Å²) in [7, 11) is -3.71. The third-order valence-electron chi connectivity index (χ3n) is 2.56. The van der Waals surface area contributed by atoms with E-state index in [-0.39, 0.29) is 10.6 Å². The average molecular weight is 247 g/mol. The summed E-state index contributed by atoms with van der Waals surface area (Å²) < 4.78 is 49.3. The Labute approximate surface area is 92.2 Å². The summed E-state index contributed by atoms with van der Waals surface area (Å²) in [5.41, 5.74) is 4.97. The van der Waals surface area contributed by atoms with Crippen LogP contribution in [0, 0.1) is 11.6 Å². The first kappa shape index (κ1) is 11.5. The van der Waals surface area contributed by atoms with Gasteiger partial charge in [-0.25, -0.2) is 17.2 Å². The zero-order chi connectivity index (χ0) is 12.0. The number of hydrogen-bond donors (Lipinski definition) is 1. The zero-order valence-electron chi connectivity index (χ0n) is 8.41. The average Bonchev–Trinajstić information content (AvgIpc) is 2.80.